The highest BCUT2D eigenvalue weighted by atomic mass is 35.5. The van der Waals surface area contributed by atoms with E-state index in [1.807, 2.05) is 41.8 Å². The second-order valence-electron chi connectivity index (χ2n) is 6.01. The average Bonchev–Trinajstić information content (AvgIpc) is 3.23. The molecule has 1 unspecified atom stereocenters. The van der Waals surface area contributed by atoms with Gasteiger partial charge in [-0.1, -0.05) is 17.7 Å². The van der Waals surface area contributed by atoms with Crippen molar-refractivity contribution in [1.29, 1.82) is 0 Å². The van der Waals surface area contributed by atoms with E-state index in [4.69, 9.17) is 16.3 Å². The van der Waals surface area contributed by atoms with Gasteiger partial charge in [0.05, 0.1) is 11.0 Å². The lowest BCUT2D eigenvalue weighted by atomic mass is 10.1. The SMILES string of the molecule is O=[N+]([O-])c1ccc(C2=CC(c3cccs3)N(c3ccc(Cl)cc3)CO2)cc1. The molecule has 0 radical (unpaired) electrons. The first-order chi connectivity index (χ1) is 13.1. The number of thiophene rings is 1. The van der Waals surface area contributed by atoms with Crippen molar-refractivity contribution in [2.45, 2.75) is 6.04 Å². The maximum absolute atomic E-state index is 10.9. The third kappa shape index (κ3) is 3.67. The number of halogens is 1. The highest BCUT2D eigenvalue weighted by Gasteiger charge is 2.26. The van der Waals surface area contributed by atoms with E-state index < -0.39 is 4.92 Å². The molecule has 2 aromatic carbocycles. The van der Waals surface area contributed by atoms with Crippen LogP contribution in [-0.2, 0) is 4.74 Å². The number of rotatable bonds is 4. The van der Waals surface area contributed by atoms with Crippen LogP contribution in [0.5, 0.6) is 0 Å². The summed E-state index contributed by atoms with van der Waals surface area (Å²) >= 11 is 7.69. The van der Waals surface area contributed by atoms with Gasteiger partial charge in [0.25, 0.3) is 5.69 Å². The van der Waals surface area contributed by atoms with Crippen molar-refractivity contribution in [3.05, 3.63) is 97.7 Å². The number of nitro groups is 1. The summed E-state index contributed by atoms with van der Waals surface area (Å²) in [7, 11) is 0. The van der Waals surface area contributed by atoms with Gasteiger partial charge in [0, 0.05) is 33.3 Å². The Bertz CT molecular complexity index is 969. The van der Waals surface area contributed by atoms with Crippen LogP contribution in [-0.4, -0.2) is 11.7 Å². The molecule has 0 saturated carbocycles. The Morgan fingerprint density at radius 2 is 1.85 bits per heavy atom. The van der Waals surface area contributed by atoms with Gasteiger partial charge in [-0.05, 0) is 53.9 Å². The molecule has 1 aliphatic rings. The molecule has 1 aromatic heterocycles. The maximum Gasteiger partial charge on any atom is 0.269 e. The van der Waals surface area contributed by atoms with Gasteiger partial charge in [-0.2, -0.15) is 0 Å². The predicted molar refractivity (Wildman–Crippen MR) is 108 cm³/mol. The summed E-state index contributed by atoms with van der Waals surface area (Å²) in [5.74, 6) is 0.716. The maximum atomic E-state index is 10.9. The first kappa shape index (κ1) is 17.6. The summed E-state index contributed by atoms with van der Waals surface area (Å²) in [5, 5.41) is 13.6. The molecule has 1 atom stereocenters. The van der Waals surface area contributed by atoms with E-state index in [1.165, 1.54) is 17.0 Å². The molecule has 0 N–H and O–H groups in total. The Kier molecular flexibility index (Phi) is 4.83. The van der Waals surface area contributed by atoms with Crippen molar-refractivity contribution in [2.24, 2.45) is 0 Å². The molecule has 0 aliphatic carbocycles. The molecule has 27 heavy (non-hydrogen) atoms. The molecule has 0 spiro atoms. The highest BCUT2D eigenvalue weighted by Crippen LogP contribution is 2.37. The molecule has 1 aliphatic heterocycles. The second kappa shape index (κ2) is 7.42. The summed E-state index contributed by atoms with van der Waals surface area (Å²) < 4.78 is 5.98. The quantitative estimate of drug-likeness (QED) is 0.406. The van der Waals surface area contributed by atoms with Gasteiger partial charge in [-0.15, -0.1) is 11.3 Å². The minimum Gasteiger partial charge on any atom is -0.473 e. The number of hydrogen-bond acceptors (Lipinski definition) is 5. The number of nitro benzene ring substituents is 1. The molecule has 0 amide bonds. The predicted octanol–water partition coefficient (Wildman–Crippen LogP) is 5.89. The normalized spacial score (nSPS) is 16.6. The van der Waals surface area contributed by atoms with Gasteiger partial charge in [-0.3, -0.25) is 10.1 Å². The Morgan fingerprint density at radius 1 is 1.11 bits per heavy atom. The molecule has 5 nitrogen and oxygen atoms in total. The van der Waals surface area contributed by atoms with Crippen molar-refractivity contribution in [3.63, 3.8) is 0 Å². The molecule has 0 fully saturated rings. The van der Waals surface area contributed by atoms with E-state index in [2.05, 4.69) is 11.0 Å². The van der Waals surface area contributed by atoms with Crippen LogP contribution in [0.4, 0.5) is 11.4 Å². The van der Waals surface area contributed by atoms with E-state index in [-0.39, 0.29) is 11.7 Å². The molecule has 136 valence electrons. The van der Waals surface area contributed by atoms with Gasteiger partial charge >= 0.3 is 0 Å². The van der Waals surface area contributed by atoms with Crippen LogP contribution in [0, 0.1) is 10.1 Å². The molecule has 0 saturated heterocycles. The van der Waals surface area contributed by atoms with Crippen molar-refractivity contribution in [2.75, 3.05) is 11.6 Å². The van der Waals surface area contributed by atoms with Crippen LogP contribution < -0.4 is 4.90 Å². The zero-order valence-electron chi connectivity index (χ0n) is 14.1. The first-order valence-corrected chi connectivity index (χ1v) is 9.52. The van der Waals surface area contributed by atoms with Gasteiger partial charge < -0.3 is 9.64 Å². The standard InChI is InChI=1S/C20H15ClN2O3S/c21-15-5-9-16(10-6-15)22-13-26-19(12-18(22)20-2-1-11-27-20)14-3-7-17(8-4-14)23(24)25/h1-12,18H,13H2. The minimum atomic E-state index is -0.406. The van der Waals surface area contributed by atoms with Crippen molar-refractivity contribution < 1.29 is 9.66 Å². The van der Waals surface area contributed by atoms with E-state index >= 15 is 0 Å². The fourth-order valence-corrected chi connectivity index (χ4v) is 3.92. The monoisotopic (exact) mass is 398 g/mol. The third-order valence-corrected chi connectivity index (χ3v) is 5.55. The smallest absolute Gasteiger partial charge is 0.269 e. The van der Waals surface area contributed by atoms with Crippen LogP contribution in [0.3, 0.4) is 0 Å². The van der Waals surface area contributed by atoms with Crippen LogP contribution in [0.1, 0.15) is 16.5 Å². The number of anilines is 1. The third-order valence-electron chi connectivity index (χ3n) is 4.36. The number of hydrogen-bond donors (Lipinski definition) is 0. The summed E-state index contributed by atoms with van der Waals surface area (Å²) in [4.78, 5) is 13.8. The van der Waals surface area contributed by atoms with Gasteiger partial charge in [-0.25, -0.2) is 0 Å². The second-order valence-corrected chi connectivity index (χ2v) is 7.43. The Labute approximate surface area is 165 Å². The summed E-state index contributed by atoms with van der Waals surface area (Å²) in [5.41, 5.74) is 1.89. The Hall–Kier alpha value is -2.83. The average molecular weight is 399 g/mol. The van der Waals surface area contributed by atoms with E-state index in [9.17, 15) is 10.1 Å². The van der Waals surface area contributed by atoms with Gasteiger partial charge in [0.1, 0.15) is 5.76 Å². The summed E-state index contributed by atoms with van der Waals surface area (Å²) in [6, 6.07) is 18.2. The van der Waals surface area contributed by atoms with E-state index in [0.29, 0.717) is 17.5 Å². The fourth-order valence-electron chi connectivity index (χ4n) is 2.99. The zero-order chi connectivity index (χ0) is 18.8. The van der Waals surface area contributed by atoms with Crippen LogP contribution in [0.25, 0.3) is 5.76 Å². The topological polar surface area (TPSA) is 55.6 Å². The number of ether oxygens (including phenoxy) is 1. The summed E-state index contributed by atoms with van der Waals surface area (Å²) in [6.45, 7) is 0.368. The van der Waals surface area contributed by atoms with Crippen molar-refractivity contribution in [1.82, 2.24) is 0 Å². The Balaban J connectivity index is 1.70. The van der Waals surface area contributed by atoms with Crippen molar-refractivity contribution in [3.8, 4) is 0 Å². The highest BCUT2D eigenvalue weighted by molar-refractivity contribution is 7.10. The Morgan fingerprint density at radius 3 is 2.48 bits per heavy atom. The largest absolute Gasteiger partial charge is 0.473 e. The van der Waals surface area contributed by atoms with E-state index in [0.717, 1.165) is 11.3 Å². The molecule has 3 aromatic rings. The van der Waals surface area contributed by atoms with Crippen LogP contribution >= 0.6 is 22.9 Å². The van der Waals surface area contributed by atoms with Crippen LogP contribution in [0.15, 0.2) is 72.1 Å². The van der Waals surface area contributed by atoms with Crippen LogP contribution in [0.2, 0.25) is 5.02 Å². The molecular weight excluding hydrogens is 384 g/mol. The number of benzene rings is 2. The molecule has 4 rings (SSSR count). The van der Waals surface area contributed by atoms with Gasteiger partial charge in [0.2, 0.25) is 0 Å². The minimum absolute atomic E-state index is 0.00474. The first-order valence-electron chi connectivity index (χ1n) is 8.27. The molecule has 7 heteroatoms. The molecular formula is C20H15ClN2O3S. The van der Waals surface area contributed by atoms with E-state index in [1.54, 1.807) is 23.5 Å². The zero-order valence-corrected chi connectivity index (χ0v) is 15.7. The molecule has 2 heterocycles. The van der Waals surface area contributed by atoms with Gasteiger partial charge in [0.15, 0.2) is 6.73 Å². The fraction of sp³-hybridized carbons (Fsp3) is 0.100. The lowest BCUT2D eigenvalue weighted by Gasteiger charge is -2.35. The lowest BCUT2D eigenvalue weighted by molar-refractivity contribution is -0.384. The molecule has 0 bridgehead atoms. The lowest BCUT2D eigenvalue weighted by Crippen LogP contribution is -2.32. The summed E-state index contributed by atoms with van der Waals surface area (Å²) in [6.07, 6.45) is 2.05. The number of nitrogens with zero attached hydrogens (tertiary/aromatic N) is 2. The number of non-ortho nitro benzene ring substituents is 1. The van der Waals surface area contributed by atoms with Crippen molar-refractivity contribution >= 4 is 40.1 Å².